The predicted octanol–water partition coefficient (Wildman–Crippen LogP) is 3.78. The van der Waals surface area contributed by atoms with E-state index >= 15 is 0 Å². The maximum atomic E-state index is 12.8. The second-order valence-electron chi connectivity index (χ2n) is 5.06. The van der Waals surface area contributed by atoms with Gasteiger partial charge >= 0.3 is 12.2 Å². The number of rotatable bonds is 4. The van der Waals surface area contributed by atoms with Crippen molar-refractivity contribution in [2.45, 2.75) is 12.7 Å². The van der Waals surface area contributed by atoms with Crippen LogP contribution in [0.2, 0.25) is 5.02 Å². The van der Waals surface area contributed by atoms with Gasteiger partial charge < -0.3 is 16.4 Å². The highest BCUT2D eigenvalue weighted by Crippen LogP contribution is 2.36. The number of halogens is 4. The van der Waals surface area contributed by atoms with Gasteiger partial charge in [-0.05, 0) is 35.9 Å². The van der Waals surface area contributed by atoms with Gasteiger partial charge in [0.05, 0.1) is 10.6 Å². The molecule has 2 aromatic rings. The monoisotopic (exact) mass is 371 g/mol. The van der Waals surface area contributed by atoms with Crippen LogP contribution >= 0.6 is 11.6 Å². The summed E-state index contributed by atoms with van der Waals surface area (Å²) in [4.78, 5) is 22.8. The summed E-state index contributed by atoms with van der Waals surface area (Å²) in [6.07, 6.45) is -4.62. The number of carbonyl (C=O) groups excluding carboxylic acids is 2. The maximum Gasteiger partial charge on any atom is 0.417 e. The molecule has 0 aliphatic rings. The van der Waals surface area contributed by atoms with Crippen molar-refractivity contribution in [3.05, 3.63) is 64.2 Å². The van der Waals surface area contributed by atoms with Gasteiger partial charge in [0.25, 0.3) is 5.91 Å². The molecular weight excluding hydrogens is 359 g/mol. The number of nitrogens with two attached hydrogens (primary N) is 1. The molecule has 0 aliphatic carbocycles. The van der Waals surface area contributed by atoms with Crippen molar-refractivity contribution in [3.63, 3.8) is 0 Å². The Morgan fingerprint density at radius 1 is 1.08 bits per heavy atom. The van der Waals surface area contributed by atoms with Crippen LogP contribution in [-0.2, 0) is 12.7 Å². The summed E-state index contributed by atoms with van der Waals surface area (Å²) in [5.41, 5.74) is 4.85. The van der Waals surface area contributed by atoms with Crippen LogP contribution in [0.1, 0.15) is 21.5 Å². The van der Waals surface area contributed by atoms with Crippen LogP contribution in [0, 0.1) is 0 Å². The molecule has 5 nitrogen and oxygen atoms in total. The third-order valence-electron chi connectivity index (χ3n) is 3.21. The van der Waals surface area contributed by atoms with Crippen molar-refractivity contribution in [3.8, 4) is 0 Å². The third kappa shape index (κ3) is 5.12. The Morgan fingerprint density at radius 2 is 1.72 bits per heavy atom. The molecule has 3 amide bonds. The molecule has 0 aromatic heterocycles. The fourth-order valence-electron chi connectivity index (χ4n) is 1.99. The second-order valence-corrected chi connectivity index (χ2v) is 5.47. The largest absolute Gasteiger partial charge is 0.417 e. The third-order valence-corrected chi connectivity index (χ3v) is 3.54. The first kappa shape index (κ1) is 18.6. The van der Waals surface area contributed by atoms with E-state index in [-0.39, 0.29) is 17.8 Å². The molecule has 4 N–H and O–H groups in total. The summed E-state index contributed by atoms with van der Waals surface area (Å²) in [5.74, 6) is -0.579. The summed E-state index contributed by atoms with van der Waals surface area (Å²) >= 11 is 5.53. The first-order valence-electron chi connectivity index (χ1n) is 6.97. The van der Waals surface area contributed by atoms with Gasteiger partial charge in [-0.2, -0.15) is 13.2 Å². The normalized spacial score (nSPS) is 11.0. The topological polar surface area (TPSA) is 84.2 Å². The molecule has 9 heteroatoms. The van der Waals surface area contributed by atoms with E-state index < -0.39 is 28.7 Å². The Morgan fingerprint density at radius 3 is 2.28 bits per heavy atom. The number of alkyl halides is 3. The van der Waals surface area contributed by atoms with Crippen LogP contribution in [0.25, 0.3) is 0 Å². The first-order chi connectivity index (χ1) is 11.7. The lowest BCUT2D eigenvalue weighted by Gasteiger charge is -2.12. The van der Waals surface area contributed by atoms with Crippen LogP contribution in [-0.4, -0.2) is 11.9 Å². The second kappa shape index (κ2) is 7.43. The molecule has 25 heavy (non-hydrogen) atoms. The molecule has 2 rings (SSSR count). The molecular formula is C16H13ClF3N3O2. The van der Waals surface area contributed by atoms with Gasteiger partial charge in [-0.1, -0.05) is 23.7 Å². The minimum absolute atomic E-state index is 0.0267. The molecule has 0 aliphatic heterocycles. The van der Waals surface area contributed by atoms with E-state index in [1.807, 2.05) is 0 Å². The lowest BCUT2D eigenvalue weighted by molar-refractivity contribution is -0.137. The van der Waals surface area contributed by atoms with E-state index in [0.717, 1.165) is 12.1 Å². The zero-order valence-corrected chi connectivity index (χ0v) is 13.4. The number of hydrogen-bond donors (Lipinski definition) is 3. The minimum Gasteiger partial charge on any atom is -0.352 e. The number of hydrogen-bond acceptors (Lipinski definition) is 2. The predicted molar refractivity (Wildman–Crippen MR) is 87.3 cm³/mol. The van der Waals surface area contributed by atoms with Crippen molar-refractivity contribution in [1.82, 2.24) is 5.32 Å². The average molecular weight is 372 g/mol. The lowest BCUT2D eigenvalue weighted by Crippen LogP contribution is -2.28. The molecule has 0 fully saturated rings. The summed E-state index contributed by atoms with van der Waals surface area (Å²) in [7, 11) is 0. The SMILES string of the molecule is NC(=O)NCc1ccc(C(=O)Nc2ccc(Cl)c(C(F)(F)F)c2)cc1. The van der Waals surface area contributed by atoms with Gasteiger partial charge in [0.15, 0.2) is 0 Å². The van der Waals surface area contributed by atoms with E-state index in [0.29, 0.717) is 5.56 Å². The average Bonchev–Trinajstić information content (AvgIpc) is 2.54. The highest BCUT2D eigenvalue weighted by atomic mass is 35.5. The van der Waals surface area contributed by atoms with Gasteiger partial charge in [-0.15, -0.1) is 0 Å². The Hall–Kier alpha value is -2.74. The smallest absolute Gasteiger partial charge is 0.352 e. The molecule has 0 radical (unpaired) electrons. The first-order valence-corrected chi connectivity index (χ1v) is 7.35. The van der Waals surface area contributed by atoms with Gasteiger partial charge in [-0.3, -0.25) is 4.79 Å². The molecule has 2 aromatic carbocycles. The maximum absolute atomic E-state index is 12.8. The summed E-state index contributed by atoms with van der Waals surface area (Å²) in [5, 5.41) is 4.33. The summed E-state index contributed by atoms with van der Waals surface area (Å²) < 4.78 is 38.5. The Labute approximate surface area is 146 Å². The molecule has 0 heterocycles. The number of amides is 3. The van der Waals surface area contributed by atoms with Gasteiger partial charge in [-0.25, -0.2) is 4.79 Å². The Balaban J connectivity index is 2.10. The lowest BCUT2D eigenvalue weighted by atomic mass is 10.1. The summed E-state index contributed by atoms with van der Waals surface area (Å²) in [6, 6.07) is 8.58. The molecule has 0 unspecified atom stereocenters. The molecule has 132 valence electrons. The molecule has 0 saturated carbocycles. The fourth-order valence-corrected chi connectivity index (χ4v) is 2.21. The van der Waals surface area contributed by atoms with E-state index in [1.165, 1.54) is 18.2 Å². The summed E-state index contributed by atoms with van der Waals surface area (Å²) in [6.45, 7) is 0.198. The molecule has 0 spiro atoms. The Kier molecular flexibility index (Phi) is 5.53. The number of anilines is 1. The number of nitrogens with one attached hydrogen (secondary N) is 2. The number of carbonyl (C=O) groups is 2. The van der Waals surface area contributed by atoms with E-state index in [2.05, 4.69) is 10.6 Å². The van der Waals surface area contributed by atoms with Crippen molar-refractivity contribution in [2.75, 3.05) is 5.32 Å². The van der Waals surface area contributed by atoms with Crippen molar-refractivity contribution < 1.29 is 22.8 Å². The highest BCUT2D eigenvalue weighted by Gasteiger charge is 2.33. The highest BCUT2D eigenvalue weighted by molar-refractivity contribution is 6.31. The number of urea groups is 1. The standard InChI is InChI=1S/C16H13ClF3N3O2/c17-13-6-5-11(7-12(13)16(18,19)20)23-14(24)10-3-1-9(2-4-10)8-22-15(21)25/h1-7H,8H2,(H,23,24)(H3,21,22,25). The van der Waals surface area contributed by atoms with Crippen LogP contribution < -0.4 is 16.4 Å². The van der Waals surface area contributed by atoms with Crippen LogP contribution in [0.3, 0.4) is 0 Å². The quantitative estimate of drug-likeness (QED) is 0.764. The van der Waals surface area contributed by atoms with Crippen LogP contribution in [0.15, 0.2) is 42.5 Å². The van der Waals surface area contributed by atoms with E-state index in [4.69, 9.17) is 17.3 Å². The fraction of sp³-hybridized carbons (Fsp3) is 0.125. The number of benzene rings is 2. The zero-order valence-electron chi connectivity index (χ0n) is 12.7. The van der Waals surface area contributed by atoms with Crippen LogP contribution in [0.5, 0.6) is 0 Å². The minimum atomic E-state index is -4.62. The van der Waals surface area contributed by atoms with Crippen molar-refractivity contribution >= 4 is 29.2 Å². The van der Waals surface area contributed by atoms with Gasteiger partial charge in [0.2, 0.25) is 0 Å². The van der Waals surface area contributed by atoms with Crippen LogP contribution in [0.4, 0.5) is 23.7 Å². The van der Waals surface area contributed by atoms with Gasteiger partial charge in [0.1, 0.15) is 0 Å². The molecule has 0 bridgehead atoms. The Bertz CT molecular complexity index is 792. The zero-order chi connectivity index (χ0) is 18.6. The van der Waals surface area contributed by atoms with Gasteiger partial charge in [0, 0.05) is 17.8 Å². The number of primary amides is 1. The van der Waals surface area contributed by atoms with E-state index in [1.54, 1.807) is 12.1 Å². The van der Waals surface area contributed by atoms with E-state index in [9.17, 15) is 22.8 Å². The molecule has 0 atom stereocenters. The molecule has 0 saturated heterocycles. The van der Waals surface area contributed by atoms with Crippen molar-refractivity contribution in [2.24, 2.45) is 5.73 Å². The van der Waals surface area contributed by atoms with Crippen molar-refractivity contribution in [1.29, 1.82) is 0 Å².